The molecule has 180 valence electrons. The minimum atomic E-state index is -5.04. The molecule has 0 fully saturated rings. The third-order valence-electron chi connectivity index (χ3n) is 4.81. The van der Waals surface area contributed by atoms with Crippen molar-refractivity contribution in [1.82, 2.24) is 5.32 Å². The summed E-state index contributed by atoms with van der Waals surface area (Å²) in [6, 6.07) is 4.57. The molecule has 0 saturated heterocycles. The van der Waals surface area contributed by atoms with Crippen molar-refractivity contribution in [3.8, 4) is 16.9 Å². The lowest BCUT2D eigenvalue weighted by atomic mass is 9.83. The molecule has 0 spiro atoms. The molecular formula is C23H28ClF6NO. The number of halogens is 7. The standard InChI is InChI=1S/C23H27F6NO.ClH/c1-20(2,3)15-9-13(12-30-21(4,5)6)19(31)17(10-15)16-8-7-14(22(24,25)26)11-18(16)23(27,28)29;/h7-11,30-31H,12H2,1-6H3;1H. The Hall–Kier alpha value is -1.93. The highest BCUT2D eigenvalue weighted by atomic mass is 35.5. The SMILES string of the molecule is CC(C)(C)NCc1cc(C(C)(C)C)cc(-c2ccc(C(F)(F)F)cc2C(F)(F)F)c1O.Cl. The summed E-state index contributed by atoms with van der Waals surface area (Å²) in [4.78, 5) is 0. The second-order valence-electron chi connectivity index (χ2n) is 9.64. The normalized spacial score (nSPS) is 13.1. The van der Waals surface area contributed by atoms with Gasteiger partial charge in [-0.05, 0) is 55.5 Å². The van der Waals surface area contributed by atoms with E-state index in [1.807, 2.05) is 41.5 Å². The quantitative estimate of drug-likeness (QED) is 0.438. The molecule has 0 atom stereocenters. The van der Waals surface area contributed by atoms with Gasteiger partial charge >= 0.3 is 12.4 Å². The van der Waals surface area contributed by atoms with Gasteiger partial charge in [-0.1, -0.05) is 32.9 Å². The Kier molecular flexibility index (Phi) is 8.02. The third kappa shape index (κ3) is 6.78. The number of rotatable bonds is 3. The van der Waals surface area contributed by atoms with Gasteiger partial charge in [0.1, 0.15) is 5.75 Å². The van der Waals surface area contributed by atoms with Crippen LogP contribution >= 0.6 is 12.4 Å². The molecule has 32 heavy (non-hydrogen) atoms. The fraction of sp³-hybridized carbons (Fsp3) is 0.478. The van der Waals surface area contributed by atoms with Crippen LogP contribution in [-0.4, -0.2) is 10.6 Å². The van der Waals surface area contributed by atoms with E-state index in [1.54, 1.807) is 6.07 Å². The van der Waals surface area contributed by atoms with E-state index in [2.05, 4.69) is 5.32 Å². The van der Waals surface area contributed by atoms with Crippen LogP contribution < -0.4 is 5.32 Å². The highest BCUT2D eigenvalue weighted by molar-refractivity contribution is 5.85. The molecule has 0 aliphatic heterocycles. The summed E-state index contributed by atoms with van der Waals surface area (Å²) < 4.78 is 80.3. The Morgan fingerprint density at radius 3 is 1.75 bits per heavy atom. The summed E-state index contributed by atoms with van der Waals surface area (Å²) in [5, 5.41) is 14.0. The molecule has 0 heterocycles. The first kappa shape index (κ1) is 28.1. The first-order chi connectivity index (χ1) is 13.8. The predicted molar refractivity (Wildman–Crippen MR) is 116 cm³/mol. The lowest BCUT2D eigenvalue weighted by Gasteiger charge is -2.26. The zero-order chi connectivity index (χ0) is 24.0. The Morgan fingerprint density at radius 2 is 1.31 bits per heavy atom. The Labute approximate surface area is 190 Å². The monoisotopic (exact) mass is 483 g/mol. The van der Waals surface area contributed by atoms with Gasteiger partial charge in [-0.3, -0.25) is 0 Å². The Balaban J connectivity index is 0.00000512. The molecule has 2 aromatic carbocycles. The lowest BCUT2D eigenvalue weighted by Crippen LogP contribution is -2.35. The van der Waals surface area contributed by atoms with Crippen molar-refractivity contribution in [3.05, 3.63) is 52.6 Å². The number of benzene rings is 2. The molecule has 0 aliphatic rings. The molecule has 2 aromatic rings. The van der Waals surface area contributed by atoms with Crippen LogP contribution in [0.15, 0.2) is 30.3 Å². The largest absolute Gasteiger partial charge is 0.507 e. The van der Waals surface area contributed by atoms with E-state index in [0.29, 0.717) is 17.2 Å². The second kappa shape index (κ2) is 9.14. The fourth-order valence-corrected chi connectivity index (χ4v) is 3.02. The number of hydrogen-bond donors (Lipinski definition) is 2. The number of phenols is 1. The van der Waals surface area contributed by atoms with Gasteiger partial charge in [0.25, 0.3) is 0 Å². The van der Waals surface area contributed by atoms with Crippen LogP contribution in [0.1, 0.15) is 63.8 Å². The smallest absolute Gasteiger partial charge is 0.417 e. The van der Waals surface area contributed by atoms with Crippen molar-refractivity contribution in [1.29, 1.82) is 0 Å². The molecule has 0 bridgehead atoms. The zero-order valence-corrected chi connectivity index (χ0v) is 19.5. The zero-order valence-electron chi connectivity index (χ0n) is 18.7. The van der Waals surface area contributed by atoms with Crippen LogP contribution in [0, 0.1) is 0 Å². The van der Waals surface area contributed by atoms with Crippen LogP contribution in [0.5, 0.6) is 5.75 Å². The molecule has 2 nitrogen and oxygen atoms in total. The van der Waals surface area contributed by atoms with E-state index in [4.69, 9.17) is 0 Å². The highest BCUT2D eigenvalue weighted by Crippen LogP contribution is 2.45. The van der Waals surface area contributed by atoms with Gasteiger partial charge in [0, 0.05) is 23.2 Å². The van der Waals surface area contributed by atoms with Gasteiger partial charge in [-0.2, -0.15) is 26.3 Å². The van der Waals surface area contributed by atoms with E-state index >= 15 is 0 Å². The van der Waals surface area contributed by atoms with E-state index in [1.165, 1.54) is 6.07 Å². The molecule has 0 saturated carbocycles. The van der Waals surface area contributed by atoms with Crippen LogP contribution in [-0.2, 0) is 24.3 Å². The maximum atomic E-state index is 13.7. The van der Waals surface area contributed by atoms with Crippen molar-refractivity contribution in [2.45, 2.75) is 71.4 Å². The summed E-state index contributed by atoms with van der Waals surface area (Å²) in [6.07, 6.45) is -9.96. The third-order valence-corrected chi connectivity index (χ3v) is 4.81. The molecule has 9 heteroatoms. The molecule has 2 rings (SSSR count). The van der Waals surface area contributed by atoms with Crippen LogP contribution in [0.2, 0.25) is 0 Å². The fourth-order valence-electron chi connectivity index (χ4n) is 3.02. The van der Waals surface area contributed by atoms with Crippen molar-refractivity contribution >= 4 is 12.4 Å². The average Bonchev–Trinajstić information content (AvgIpc) is 2.57. The summed E-state index contributed by atoms with van der Waals surface area (Å²) in [5.41, 5.74) is -3.27. The number of aromatic hydroxyl groups is 1. The Morgan fingerprint density at radius 1 is 0.750 bits per heavy atom. The maximum absolute atomic E-state index is 13.7. The summed E-state index contributed by atoms with van der Waals surface area (Å²) in [6.45, 7) is 11.5. The van der Waals surface area contributed by atoms with Gasteiger partial charge in [-0.15, -0.1) is 12.4 Å². The van der Waals surface area contributed by atoms with E-state index in [9.17, 15) is 31.4 Å². The van der Waals surface area contributed by atoms with Gasteiger partial charge in [0.15, 0.2) is 0 Å². The average molecular weight is 484 g/mol. The van der Waals surface area contributed by atoms with Crippen LogP contribution in [0.4, 0.5) is 26.3 Å². The number of alkyl halides is 6. The number of phenolic OH excluding ortho intramolecular Hbond substituents is 1. The van der Waals surface area contributed by atoms with Crippen LogP contribution in [0.25, 0.3) is 11.1 Å². The Bertz CT molecular complexity index is 953. The summed E-state index contributed by atoms with van der Waals surface area (Å²) >= 11 is 0. The number of nitrogens with one attached hydrogen (secondary N) is 1. The molecule has 0 aromatic heterocycles. The van der Waals surface area contributed by atoms with Gasteiger partial charge in [0.05, 0.1) is 11.1 Å². The molecule has 0 unspecified atom stereocenters. The minimum absolute atomic E-state index is 0. The summed E-state index contributed by atoms with van der Waals surface area (Å²) in [7, 11) is 0. The highest BCUT2D eigenvalue weighted by Gasteiger charge is 2.39. The topological polar surface area (TPSA) is 32.3 Å². The minimum Gasteiger partial charge on any atom is -0.507 e. The van der Waals surface area contributed by atoms with Gasteiger partial charge in [0.2, 0.25) is 0 Å². The second-order valence-corrected chi connectivity index (χ2v) is 9.64. The first-order valence-corrected chi connectivity index (χ1v) is 9.71. The molecule has 0 aliphatic carbocycles. The van der Waals surface area contributed by atoms with Crippen LogP contribution in [0.3, 0.4) is 0 Å². The van der Waals surface area contributed by atoms with Gasteiger partial charge in [-0.25, -0.2) is 0 Å². The van der Waals surface area contributed by atoms with Crippen molar-refractivity contribution in [3.63, 3.8) is 0 Å². The van der Waals surface area contributed by atoms with Crippen molar-refractivity contribution < 1.29 is 31.4 Å². The predicted octanol–water partition coefficient (Wildman–Crippen LogP) is 7.70. The molecule has 2 N–H and O–H groups in total. The van der Waals surface area contributed by atoms with Crippen molar-refractivity contribution in [2.24, 2.45) is 0 Å². The van der Waals surface area contributed by atoms with E-state index in [0.717, 1.165) is 6.07 Å². The summed E-state index contributed by atoms with van der Waals surface area (Å²) in [5.74, 6) is -0.394. The maximum Gasteiger partial charge on any atom is 0.417 e. The molecule has 0 radical (unpaired) electrons. The van der Waals surface area contributed by atoms with E-state index < -0.39 is 40.2 Å². The first-order valence-electron chi connectivity index (χ1n) is 9.71. The van der Waals surface area contributed by atoms with Gasteiger partial charge < -0.3 is 10.4 Å². The van der Waals surface area contributed by atoms with E-state index in [-0.39, 0.29) is 36.1 Å². The lowest BCUT2D eigenvalue weighted by molar-refractivity contribution is -0.142. The van der Waals surface area contributed by atoms with Crippen molar-refractivity contribution in [2.75, 3.05) is 0 Å². The number of hydrogen-bond acceptors (Lipinski definition) is 2. The molecular weight excluding hydrogens is 456 g/mol. The molecule has 0 amide bonds.